The van der Waals surface area contributed by atoms with Gasteiger partial charge in [-0.05, 0) is 18.4 Å². The number of hydrogen-bond donors (Lipinski definition) is 0. The first kappa shape index (κ1) is 15.8. The van der Waals surface area contributed by atoms with Gasteiger partial charge < -0.3 is 4.74 Å². The van der Waals surface area contributed by atoms with Crippen molar-refractivity contribution in [3.63, 3.8) is 0 Å². The van der Waals surface area contributed by atoms with Gasteiger partial charge in [0.05, 0.1) is 11.5 Å². The Morgan fingerprint density at radius 3 is 2.68 bits per heavy atom. The summed E-state index contributed by atoms with van der Waals surface area (Å²) in [5.74, 6) is 1.11. The second-order valence-corrected chi connectivity index (χ2v) is 5.01. The van der Waals surface area contributed by atoms with Gasteiger partial charge in [0.1, 0.15) is 10.8 Å². The largest absolute Gasteiger partial charge is 0.493 e. The molecule has 1 aromatic rings. The van der Waals surface area contributed by atoms with Crippen LogP contribution in [0.2, 0.25) is 5.02 Å². The summed E-state index contributed by atoms with van der Waals surface area (Å²) in [5, 5.41) is 10.8. The molecule has 1 atom stereocenters. The lowest BCUT2D eigenvalue weighted by Crippen LogP contribution is -2.11. The van der Waals surface area contributed by atoms with E-state index in [4.69, 9.17) is 16.3 Å². The zero-order chi connectivity index (χ0) is 14.3. The molecule has 106 valence electrons. The van der Waals surface area contributed by atoms with Crippen LogP contribution in [0, 0.1) is 16.0 Å². The van der Waals surface area contributed by atoms with Gasteiger partial charge in [-0.2, -0.15) is 0 Å². The monoisotopic (exact) mass is 285 g/mol. The van der Waals surface area contributed by atoms with E-state index >= 15 is 0 Å². The summed E-state index contributed by atoms with van der Waals surface area (Å²) in [6, 6.07) is 4.48. The molecule has 0 aliphatic carbocycles. The van der Waals surface area contributed by atoms with Crippen LogP contribution in [0.1, 0.15) is 39.5 Å². The molecule has 1 unspecified atom stereocenters. The van der Waals surface area contributed by atoms with Crippen LogP contribution in [0.3, 0.4) is 0 Å². The minimum Gasteiger partial charge on any atom is -0.493 e. The van der Waals surface area contributed by atoms with Crippen molar-refractivity contribution in [2.45, 2.75) is 39.5 Å². The highest BCUT2D eigenvalue weighted by Crippen LogP contribution is 2.28. The van der Waals surface area contributed by atoms with Crippen LogP contribution < -0.4 is 4.74 Å². The predicted molar refractivity (Wildman–Crippen MR) is 76.9 cm³/mol. The molecular weight excluding hydrogens is 266 g/mol. The zero-order valence-electron chi connectivity index (χ0n) is 11.4. The third-order valence-corrected chi connectivity index (χ3v) is 3.45. The Bertz CT molecular complexity index is 423. The first-order chi connectivity index (χ1) is 9.08. The quantitative estimate of drug-likeness (QED) is 0.507. The number of unbranched alkanes of at least 4 members (excludes halogenated alkanes) is 1. The van der Waals surface area contributed by atoms with Gasteiger partial charge in [-0.1, -0.05) is 44.7 Å². The van der Waals surface area contributed by atoms with Crippen LogP contribution in [0.25, 0.3) is 0 Å². The highest BCUT2D eigenvalue weighted by atomic mass is 35.5. The summed E-state index contributed by atoms with van der Waals surface area (Å²) >= 11 is 5.84. The van der Waals surface area contributed by atoms with Crippen LogP contribution in [-0.2, 0) is 0 Å². The standard InChI is InChI=1S/C14H20ClNO3/c1-3-5-6-11(4-2)10-19-12-7-8-14(16(17)18)13(15)9-12/h7-9,11H,3-6,10H2,1-2H3. The lowest BCUT2D eigenvalue weighted by molar-refractivity contribution is -0.384. The minimum atomic E-state index is -0.498. The summed E-state index contributed by atoms with van der Waals surface area (Å²) in [4.78, 5) is 10.1. The molecular formula is C14H20ClNO3. The molecule has 0 spiro atoms. The van der Waals surface area contributed by atoms with Crippen molar-refractivity contribution in [2.24, 2.45) is 5.92 Å². The van der Waals surface area contributed by atoms with Crippen LogP contribution in [-0.4, -0.2) is 11.5 Å². The number of benzene rings is 1. The molecule has 0 amide bonds. The highest BCUT2D eigenvalue weighted by Gasteiger charge is 2.13. The lowest BCUT2D eigenvalue weighted by Gasteiger charge is -2.15. The van der Waals surface area contributed by atoms with E-state index in [1.165, 1.54) is 25.0 Å². The molecule has 0 aliphatic heterocycles. The fourth-order valence-electron chi connectivity index (χ4n) is 1.84. The van der Waals surface area contributed by atoms with Crippen molar-refractivity contribution in [1.29, 1.82) is 0 Å². The second kappa shape index (κ2) is 8.00. The Balaban J connectivity index is 2.57. The summed E-state index contributed by atoms with van der Waals surface area (Å²) in [6.45, 7) is 4.95. The maximum atomic E-state index is 10.6. The third kappa shape index (κ3) is 5.07. The number of rotatable bonds is 8. The van der Waals surface area contributed by atoms with E-state index in [0.29, 0.717) is 18.3 Å². The summed E-state index contributed by atoms with van der Waals surface area (Å²) in [5.41, 5.74) is -0.0907. The molecule has 0 aliphatic rings. The topological polar surface area (TPSA) is 52.4 Å². The molecule has 0 N–H and O–H groups in total. The first-order valence-electron chi connectivity index (χ1n) is 6.65. The van der Waals surface area contributed by atoms with Crippen LogP contribution in [0.4, 0.5) is 5.69 Å². The van der Waals surface area contributed by atoms with Crippen molar-refractivity contribution < 1.29 is 9.66 Å². The number of ether oxygens (including phenoxy) is 1. The maximum Gasteiger partial charge on any atom is 0.288 e. The van der Waals surface area contributed by atoms with E-state index in [9.17, 15) is 10.1 Å². The molecule has 0 heterocycles. The smallest absolute Gasteiger partial charge is 0.288 e. The Morgan fingerprint density at radius 1 is 1.42 bits per heavy atom. The number of halogens is 1. The molecule has 4 nitrogen and oxygen atoms in total. The molecule has 5 heteroatoms. The number of nitro benzene ring substituents is 1. The number of hydrogen-bond acceptors (Lipinski definition) is 3. The Kier molecular flexibility index (Phi) is 6.64. The molecule has 0 bridgehead atoms. The van der Waals surface area contributed by atoms with Gasteiger partial charge in [-0.3, -0.25) is 10.1 Å². The van der Waals surface area contributed by atoms with Gasteiger partial charge >= 0.3 is 0 Å². The van der Waals surface area contributed by atoms with Crippen molar-refractivity contribution in [3.8, 4) is 5.75 Å². The van der Waals surface area contributed by atoms with E-state index < -0.39 is 4.92 Å². The Labute approximate surface area is 118 Å². The fraction of sp³-hybridized carbons (Fsp3) is 0.571. The highest BCUT2D eigenvalue weighted by molar-refractivity contribution is 6.32. The molecule has 0 saturated carbocycles. The first-order valence-corrected chi connectivity index (χ1v) is 7.03. The lowest BCUT2D eigenvalue weighted by atomic mass is 10.0. The Hall–Kier alpha value is -1.29. The molecule has 0 radical (unpaired) electrons. The normalized spacial score (nSPS) is 12.2. The summed E-state index contributed by atoms with van der Waals surface area (Å²) < 4.78 is 5.66. The van der Waals surface area contributed by atoms with E-state index in [0.717, 1.165) is 12.8 Å². The summed E-state index contributed by atoms with van der Waals surface area (Å²) in [7, 11) is 0. The molecule has 0 aromatic heterocycles. The maximum absolute atomic E-state index is 10.6. The van der Waals surface area contributed by atoms with Crippen LogP contribution >= 0.6 is 11.6 Å². The van der Waals surface area contributed by atoms with Crippen molar-refractivity contribution in [2.75, 3.05) is 6.61 Å². The van der Waals surface area contributed by atoms with Gasteiger partial charge in [0.2, 0.25) is 0 Å². The van der Waals surface area contributed by atoms with E-state index in [1.54, 1.807) is 6.07 Å². The average molecular weight is 286 g/mol. The minimum absolute atomic E-state index is 0.0907. The Morgan fingerprint density at radius 2 is 2.16 bits per heavy atom. The molecule has 0 fully saturated rings. The van der Waals surface area contributed by atoms with Gasteiger partial charge in [-0.15, -0.1) is 0 Å². The van der Waals surface area contributed by atoms with Gasteiger partial charge in [0, 0.05) is 12.1 Å². The van der Waals surface area contributed by atoms with Crippen LogP contribution in [0.5, 0.6) is 5.75 Å². The second-order valence-electron chi connectivity index (χ2n) is 4.60. The molecule has 19 heavy (non-hydrogen) atoms. The average Bonchev–Trinajstić information content (AvgIpc) is 2.38. The fourth-order valence-corrected chi connectivity index (χ4v) is 2.08. The molecule has 0 saturated heterocycles. The van der Waals surface area contributed by atoms with Gasteiger partial charge in [0.25, 0.3) is 5.69 Å². The summed E-state index contributed by atoms with van der Waals surface area (Å²) in [6.07, 6.45) is 4.59. The van der Waals surface area contributed by atoms with Crippen molar-refractivity contribution in [1.82, 2.24) is 0 Å². The van der Waals surface area contributed by atoms with Gasteiger partial charge in [0.15, 0.2) is 0 Å². The van der Waals surface area contributed by atoms with Crippen LogP contribution in [0.15, 0.2) is 18.2 Å². The van der Waals surface area contributed by atoms with Crippen molar-refractivity contribution in [3.05, 3.63) is 33.3 Å². The SMILES string of the molecule is CCCCC(CC)COc1ccc([N+](=O)[O-])c(Cl)c1. The van der Waals surface area contributed by atoms with E-state index in [1.807, 2.05) is 0 Å². The molecule has 1 rings (SSSR count). The van der Waals surface area contributed by atoms with Gasteiger partial charge in [-0.25, -0.2) is 0 Å². The third-order valence-electron chi connectivity index (χ3n) is 3.14. The number of nitrogens with zero attached hydrogens (tertiary/aromatic N) is 1. The zero-order valence-corrected chi connectivity index (χ0v) is 12.2. The van der Waals surface area contributed by atoms with E-state index in [2.05, 4.69) is 13.8 Å². The van der Waals surface area contributed by atoms with Crippen molar-refractivity contribution >= 4 is 17.3 Å². The predicted octanol–water partition coefficient (Wildman–Crippen LogP) is 4.84. The number of nitro groups is 1. The van der Waals surface area contributed by atoms with E-state index in [-0.39, 0.29) is 10.7 Å². The molecule has 1 aromatic carbocycles.